The number of amides is 1. The number of ether oxygens (including phenoxy) is 1. The molecule has 0 saturated carbocycles. The van der Waals surface area contributed by atoms with Crippen molar-refractivity contribution in [2.45, 2.75) is 19.0 Å². The van der Waals surface area contributed by atoms with Gasteiger partial charge in [-0.05, 0) is 52.9 Å². The highest BCUT2D eigenvalue weighted by Crippen LogP contribution is 2.24. The molecule has 1 atom stereocenters. The van der Waals surface area contributed by atoms with Crippen LogP contribution in [0.1, 0.15) is 11.1 Å². The standard InChI is InChI=1S/C25H27N3O2/c1-27-13-14-28(18-20-6-4-8-23(16-20)30-2)24(25(27)29)17-19-5-3-7-22(15-19)21-9-11-26-12-10-21/h3-12,15-16,24H,13-14,17-18H2,1-2H3. The van der Waals surface area contributed by atoms with Crippen LogP contribution < -0.4 is 4.74 Å². The summed E-state index contributed by atoms with van der Waals surface area (Å²) in [6.07, 6.45) is 4.29. The maximum atomic E-state index is 13.1. The highest BCUT2D eigenvalue weighted by Gasteiger charge is 2.33. The van der Waals surface area contributed by atoms with E-state index in [1.165, 1.54) is 0 Å². The number of nitrogens with zero attached hydrogens (tertiary/aromatic N) is 3. The molecule has 30 heavy (non-hydrogen) atoms. The third-order valence-corrected chi connectivity index (χ3v) is 5.71. The quantitative estimate of drug-likeness (QED) is 0.633. The number of aromatic nitrogens is 1. The fourth-order valence-electron chi connectivity index (χ4n) is 4.01. The Kier molecular flexibility index (Phi) is 6.10. The van der Waals surface area contributed by atoms with Gasteiger partial charge in [0.2, 0.25) is 5.91 Å². The number of methoxy groups -OCH3 is 1. The van der Waals surface area contributed by atoms with Gasteiger partial charge in [-0.3, -0.25) is 14.7 Å². The van der Waals surface area contributed by atoms with E-state index >= 15 is 0 Å². The molecule has 3 aromatic rings. The fraction of sp³-hybridized carbons (Fsp3) is 0.280. The zero-order chi connectivity index (χ0) is 20.9. The lowest BCUT2D eigenvalue weighted by Crippen LogP contribution is -2.56. The molecule has 1 fully saturated rings. The van der Waals surface area contributed by atoms with Crippen LogP contribution in [-0.2, 0) is 17.8 Å². The number of carbonyl (C=O) groups is 1. The maximum absolute atomic E-state index is 13.1. The Morgan fingerprint density at radius 3 is 2.53 bits per heavy atom. The summed E-state index contributed by atoms with van der Waals surface area (Å²) in [7, 11) is 3.57. The number of carbonyl (C=O) groups excluding carboxylic acids is 1. The van der Waals surface area contributed by atoms with E-state index < -0.39 is 0 Å². The van der Waals surface area contributed by atoms with Gasteiger partial charge in [0.15, 0.2) is 0 Å². The molecular formula is C25H27N3O2. The van der Waals surface area contributed by atoms with Crippen molar-refractivity contribution >= 4 is 5.91 Å². The number of likely N-dealkylation sites (N-methyl/N-ethyl adjacent to an activating group) is 1. The first-order valence-corrected chi connectivity index (χ1v) is 10.3. The summed E-state index contributed by atoms with van der Waals surface area (Å²) in [6, 6.07) is 20.4. The fourth-order valence-corrected chi connectivity index (χ4v) is 4.01. The first kappa shape index (κ1) is 20.1. The minimum atomic E-state index is -0.178. The van der Waals surface area contributed by atoms with Crippen LogP contribution in [0.4, 0.5) is 0 Å². The third-order valence-electron chi connectivity index (χ3n) is 5.71. The smallest absolute Gasteiger partial charge is 0.240 e. The monoisotopic (exact) mass is 401 g/mol. The normalized spacial score (nSPS) is 17.2. The van der Waals surface area contributed by atoms with Crippen molar-refractivity contribution in [3.8, 4) is 16.9 Å². The summed E-state index contributed by atoms with van der Waals surface area (Å²) >= 11 is 0. The van der Waals surface area contributed by atoms with Crippen LogP contribution in [0, 0.1) is 0 Å². The average molecular weight is 402 g/mol. The Morgan fingerprint density at radius 1 is 0.967 bits per heavy atom. The van der Waals surface area contributed by atoms with Crippen molar-refractivity contribution in [3.05, 3.63) is 84.2 Å². The summed E-state index contributed by atoms with van der Waals surface area (Å²) < 4.78 is 5.36. The molecule has 1 saturated heterocycles. The lowest BCUT2D eigenvalue weighted by Gasteiger charge is -2.39. The Bertz CT molecular complexity index is 1010. The van der Waals surface area contributed by atoms with E-state index in [0.29, 0.717) is 6.42 Å². The second-order valence-electron chi connectivity index (χ2n) is 7.74. The number of rotatable bonds is 6. The highest BCUT2D eigenvalue weighted by molar-refractivity contribution is 5.83. The van der Waals surface area contributed by atoms with Crippen molar-refractivity contribution < 1.29 is 9.53 Å². The van der Waals surface area contributed by atoms with Gasteiger partial charge in [-0.2, -0.15) is 0 Å². The largest absolute Gasteiger partial charge is 0.497 e. The van der Waals surface area contributed by atoms with Gasteiger partial charge in [0.05, 0.1) is 13.2 Å². The van der Waals surface area contributed by atoms with E-state index in [1.807, 2.05) is 42.3 Å². The predicted octanol–water partition coefficient (Wildman–Crippen LogP) is 3.64. The van der Waals surface area contributed by atoms with Crippen LogP contribution in [-0.4, -0.2) is 54.0 Å². The lowest BCUT2D eigenvalue weighted by atomic mass is 9.97. The Balaban J connectivity index is 1.57. The molecule has 2 aromatic carbocycles. The molecule has 0 bridgehead atoms. The first-order valence-electron chi connectivity index (χ1n) is 10.3. The topological polar surface area (TPSA) is 45.7 Å². The maximum Gasteiger partial charge on any atom is 0.240 e. The van der Waals surface area contributed by atoms with Crippen LogP contribution in [0.15, 0.2) is 73.1 Å². The molecule has 0 aliphatic carbocycles. The minimum Gasteiger partial charge on any atom is -0.497 e. The van der Waals surface area contributed by atoms with Crippen LogP contribution in [0.3, 0.4) is 0 Å². The molecule has 1 unspecified atom stereocenters. The molecule has 1 amide bonds. The molecule has 154 valence electrons. The lowest BCUT2D eigenvalue weighted by molar-refractivity contribution is -0.140. The Morgan fingerprint density at radius 2 is 1.73 bits per heavy atom. The van der Waals surface area contributed by atoms with Crippen LogP contribution in [0.2, 0.25) is 0 Å². The van der Waals surface area contributed by atoms with Gasteiger partial charge < -0.3 is 9.64 Å². The summed E-state index contributed by atoms with van der Waals surface area (Å²) in [4.78, 5) is 21.3. The van der Waals surface area contributed by atoms with Crippen molar-refractivity contribution in [1.82, 2.24) is 14.8 Å². The number of hydrogen-bond donors (Lipinski definition) is 0. The van der Waals surface area contributed by atoms with Crippen molar-refractivity contribution in [2.24, 2.45) is 0 Å². The molecule has 1 aliphatic heterocycles. The van der Waals surface area contributed by atoms with Gasteiger partial charge >= 0.3 is 0 Å². The molecule has 1 aromatic heterocycles. The van der Waals surface area contributed by atoms with Gasteiger partial charge in [0.1, 0.15) is 5.75 Å². The summed E-state index contributed by atoms with van der Waals surface area (Å²) in [5, 5.41) is 0. The first-order chi connectivity index (χ1) is 14.6. The SMILES string of the molecule is COc1cccc(CN2CCN(C)C(=O)C2Cc2cccc(-c3ccncc3)c2)c1. The van der Waals surface area contributed by atoms with E-state index in [0.717, 1.165) is 47.6 Å². The number of pyridine rings is 1. The second-order valence-corrected chi connectivity index (χ2v) is 7.74. The predicted molar refractivity (Wildman–Crippen MR) is 118 cm³/mol. The number of piperazine rings is 1. The van der Waals surface area contributed by atoms with Gasteiger partial charge in [-0.15, -0.1) is 0 Å². The zero-order valence-electron chi connectivity index (χ0n) is 17.5. The van der Waals surface area contributed by atoms with E-state index in [2.05, 4.69) is 40.2 Å². The molecule has 1 aliphatic rings. The average Bonchev–Trinajstić information content (AvgIpc) is 2.79. The van der Waals surface area contributed by atoms with Gasteiger partial charge in [-0.1, -0.05) is 36.4 Å². The molecule has 4 rings (SSSR count). The molecule has 0 spiro atoms. The van der Waals surface area contributed by atoms with Crippen LogP contribution in [0.5, 0.6) is 5.75 Å². The van der Waals surface area contributed by atoms with Crippen molar-refractivity contribution in [3.63, 3.8) is 0 Å². The second kappa shape index (κ2) is 9.09. The highest BCUT2D eigenvalue weighted by atomic mass is 16.5. The number of benzene rings is 2. The summed E-state index contributed by atoms with van der Waals surface area (Å²) in [5.74, 6) is 1.02. The molecular weight excluding hydrogens is 374 g/mol. The van der Waals surface area contributed by atoms with Crippen molar-refractivity contribution in [2.75, 3.05) is 27.2 Å². The molecule has 5 nitrogen and oxygen atoms in total. The van der Waals surface area contributed by atoms with E-state index in [4.69, 9.17) is 4.74 Å². The molecule has 5 heteroatoms. The van der Waals surface area contributed by atoms with Gasteiger partial charge in [0.25, 0.3) is 0 Å². The van der Waals surface area contributed by atoms with Crippen LogP contribution in [0.25, 0.3) is 11.1 Å². The molecule has 0 radical (unpaired) electrons. The van der Waals surface area contributed by atoms with Gasteiger partial charge in [-0.25, -0.2) is 0 Å². The zero-order valence-corrected chi connectivity index (χ0v) is 17.5. The Labute approximate surface area is 177 Å². The Hall–Kier alpha value is -3.18. The number of hydrogen-bond acceptors (Lipinski definition) is 4. The summed E-state index contributed by atoms with van der Waals surface area (Å²) in [6.45, 7) is 2.33. The van der Waals surface area contributed by atoms with E-state index in [1.54, 1.807) is 19.5 Å². The third kappa shape index (κ3) is 4.52. The van der Waals surface area contributed by atoms with E-state index in [9.17, 15) is 4.79 Å². The van der Waals surface area contributed by atoms with Gasteiger partial charge in [0, 0.05) is 39.1 Å². The summed E-state index contributed by atoms with van der Waals surface area (Å²) in [5.41, 5.74) is 4.59. The van der Waals surface area contributed by atoms with Crippen molar-refractivity contribution in [1.29, 1.82) is 0 Å². The molecule has 0 N–H and O–H groups in total. The molecule has 2 heterocycles. The minimum absolute atomic E-state index is 0.178. The van der Waals surface area contributed by atoms with E-state index in [-0.39, 0.29) is 11.9 Å². The van der Waals surface area contributed by atoms with Crippen LogP contribution >= 0.6 is 0 Å².